The van der Waals surface area contributed by atoms with E-state index in [0.717, 1.165) is 23.1 Å². The van der Waals surface area contributed by atoms with Gasteiger partial charge < -0.3 is 15.1 Å². The average molecular weight is 320 g/mol. The molecule has 0 bridgehead atoms. The minimum absolute atomic E-state index is 0.0970. The van der Waals surface area contributed by atoms with Gasteiger partial charge in [0.15, 0.2) is 6.10 Å². The molecule has 5 nitrogen and oxygen atoms in total. The highest BCUT2D eigenvalue weighted by atomic mass is 32.1. The number of hydrogen-bond acceptors (Lipinski definition) is 5. The van der Waals surface area contributed by atoms with Gasteiger partial charge in [-0.15, -0.1) is 11.3 Å². The van der Waals surface area contributed by atoms with Crippen LogP contribution in [0.5, 0.6) is 0 Å². The molecule has 4 atom stereocenters. The van der Waals surface area contributed by atoms with Gasteiger partial charge in [0, 0.05) is 12.1 Å². The molecule has 3 rings (SSSR count). The Hall–Kier alpha value is -1.50. The van der Waals surface area contributed by atoms with Crippen LogP contribution in [0.3, 0.4) is 0 Å². The van der Waals surface area contributed by atoms with E-state index in [2.05, 4.69) is 4.98 Å². The molecule has 6 heteroatoms. The standard InChI is InChI=1S/C16H20N2O3S/c1-9-7-8-10(2)18(9)16(21)14(20)13(19)15-17-11-5-3-4-6-12(11)22-15/h3-6,9-10,13-14,19-20H,7-8H2,1-2H3/t9-,10+,13-,14-/m0/s1. The Balaban J connectivity index is 1.81. The van der Waals surface area contributed by atoms with Crippen molar-refractivity contribution in [3.05, 3.63) is 29.3 Å². The van der Waals surface area contributed by atoms with Gasteiger partial charge in [-0.25, -0.2) is 4.98 Å². The number of amides is 1. The zero-order chi connectivity index (χ0) is 15.9. The molecule has 0 unspecified atom stereocenters. The van der Waals surface area contributed by atoms with E-state index in [4.69, 9.17) is 0 Å². The molecular weight excluding hydrogens is 300 g/mol. The van der Waals surface area contributed by atoms with Crippen molar-refractivity contribution < 1.29 is 15.0 Å². The number of fused-ring (bicyclic) bond motifs is 1. The van der Waals surface area contributed by atoms with Crippen LogP contribution < -0.4 is 0 Å². The van der Waals surface area contributed by atoms with Gasteiger partial charge in [0.25, 0.3) is 5.91 Å². The van der Waals surface area contributed by atoms with Gasteiger partial charge >= 0.3 is 0 Å². The second kappa shape index (κ2) is 5.95. The van der Waals surface area contributed by atoms with Crippen molar-refractivity contribution >= 4 is 27.5 Å². The first-order valence-corrected chi connectivity index (χ1v) is 8.34. The number of benzene rings is 1. The van der Waals surface area contributed by atoms with Crippen LogP contribution in [0, 0.1) is 0 Å². The van der Waals surface area contributed by atoms with E-state index in [-0.39, 0.29) is 12.1 Å². The third-order valence-corrected chi connectivity index (χ3v) is 5.43. The fraction of sp³-hybridized carbons (Fsp3) is 0.500. The summed E-state index contributed by atoms with van der Waals surface area (Å²) in [5, 5.41) is 21.0. The number of aromatic nitrogens is 1. The van der Waals surface area contributed by atoms with Crippen LogP contribution in [0.1, 0.15) is 37.8 Å². The monoisotopic (exact) mass is 320 g/mol. The van der Waals surface area contributed by atoms with Gasteiger partial charge in [-0.1, -0.05) is 12.1 Å². The van der Waals surface area contributed by atoms with E-state index in [9.17, 15) is 15.0 Å². The normalized spacial score (nSPS) is 24.6. The lowest BCUT2D eigenvalue weighted by atomic mass is 10.1. The van der Waals surface area contributed by atoms with Crippen molar-refractivity contribution in [2.24, 2.45) is 0 Å². The van der Waals surface area contributed by atoms with E-state index in [1.54, 1.807) is 4.90 Å². The lowest BCUT2D eigenvalue weighted by molar-refractivity contribution is -0.148. The topological polar surface area (TPSA) is 73.7 Å². The Morgan fingerprint density at radius 1 is 1.27 bits per heavy atom. The lowest BCUT2D eigenvalue weighted by Gasteiger charge is -2.29. The van der Waals surface area contributed by atoms with E-state index in [1.807, 2.05) is 38.1 Å². The molecule has 0 radical (unpaired) electrons. The smallest absolute Gasteiger partial charge is 0.255 e. The Kier molecular flexibility index (Phi) is 4.16. The molecule has 1 fully saturated rings. The van der Waals surface area contributed by atoms with Crippen molar-refractivity contribution in [1.29, 1.82) is 0 Å². The quantitative estimate of drug-likeness (QED) is 0.908. The number of rotatable bonds is 3. The Bertz CT molecular complexity index is 644. The largest absolute Gasteiger partial charge is 0.383 e. The number of hydrogen-bond donors (Lipinski definition) is 2. The summed E-state index contributed by atoms with van der Waals surface area (Å²) in [5.74, 6) is -0.413. The van der Waals surface area contributed by atoms with Gasteiger partial charge in [-0.3, -0.25) is 4.79 Å². The predicted octanol–water partition coefficient (Wildman–Crippen LogP) is 2.09. The van der Waals surface area contributed by atoms with E-state index >= 15 is 0 Å². The summed E-state index contributed by atoms with van der Waals surface area (Å²) in [6.45, 7) is 3.94. The number of aliphatic hydroxyl groups excluding tert-OH is 2. The minimum atomic E-state index is -1.47. The maximum atomic E-state index is 12.5. The molecule has 22 heavy (non-hydrogen) atoms. The highest BCUT2D eigenvalue weighted by molar-refractivity contribution is 7.18. The summed E-state index contributed by atoms with van der Waals surface area (Å²) in [7, 11) is 0. The second-order valence-electron chi connectivity index (χ2n) is 5.93. The highest BCUT2D eigenvalue weighted by Crippen LogP contribution is 2.30. The van der Waals surface area contributed by atoms with Gasteiger partial charge in [-0.2, -0.15) is 0 Å². The molecule has 1 saturated heterocycles. The molecule has 1 aromatic heterocycles. The van der Waals surface area contributed by atoms with Crippen molar-refractivity contribution in [1.82, 2.24) is 9.88 Å². The molecular formula is C16H20N2O3S. The molecule has 1 aliphatic rings. The van der Waals surface area contributed by atoms with Crippen LogP contribution in [0.2, 0.25) is 0 Å². The van der Waals surface area contributed by atoms with Crippen LogP contribution in [-0.4, -0.2) is 44.2 Å². The number of nitrogens with zero attached hydrogens (tertiary/aromatic N) is 2. The van der Waals surface area contributed by atoms with E-state index < -0.39 is 18.1 Å². The molecule has 2 N–H and O–H groups in total. The van der Waals surface area contributed by atoms with Gasteiger partial charge in [0.2, 0.25) is 0 Å². The van der Waals surface area contributed by atoms with Gasteiger partial charge in [0.1, 0.15) is 11.1 Å². The molecule has 1 aromatic carbocycles. The number of thiazole rings is 1. The number of para-hydroxylation sites is 1. The number of aliphatic hydroxyl groups is 2. The predicted molar refractivity (Wildman–Crippen MR) is 85.6 cm³/mol. The summed E-state index contributed by atoms with van der Waals surface area (Å²) in [4.78, 5) is 18.5. The van der Waals surface area contributed by atoms with Crippen LogP contribution in [0.25, 0.3) is 10.2 Å². The Morgan fingerprint density at radius 3 is 2.55 bits per heavy atom. The lowest BCUT2D eigenvalue weighted by Crippen LogP contribution is -2.46. The van der Waals surface area contributed by atoms with Crippen molar-refractivity contribution in [2.75, 3.05) is 0 Å². The molecule has 1 aliphatic heterocycles. The number of carbonyl (C=O) groups excluding carboxylic acids is 1. The molecule has 0 spiro atoms. The second-order valence-corrected chi connectivity index (χ2v) is 6.99. The summed E-state index contributed by atoms with van der Waals surface area (Å²) in [5.41, 5.74) is 0.768. The van der Waals surface area contributed by atoms with Crippen molar-refractivity contribution in [3.63, 3.8) is 0 Å². The molecule has 0 aliphatic carbocycles. The van der Waals surface area contributed by atoms with Crippen molar-refractivity contribution in [2.45, 2.75) is 51.0 Å². The van der Waals surface area contributed by atoms with Crippen LogP contribution in [0.4, 0.5) is 0 Å². The first-order chi connectivity index (χ1) is 10.5. The van der Waals surface area contributed by atoms with Crippen molar-refractivity contribution in [3.8, 4) is 0 Å². The van der Waals surface area contributed by atoms with E-state index in [1.165, 1.54) is 11.3 Å². The summed E-state index contributed by atoms with van der Waals surface area (Å²) in [6.07, 6.45) is -0.901. The highest BCUT2D eigenvalue weighted by Gasteiger charge is 2.38. The maximum Gasteiger partial charge on any atom is 0.255 e. The molecule has 2 aromatic rings. The summed E-state index contributed by atoms with van der Waals surface area (Å²) < 4.78 is 0.930. The van der Waals surface area contributed by atoms with Crippen LogP contribution in [-0.2, 0) is 4.79 Å². The molecule has 1 amide bonds. The maximum absolute atomic E-state index is 12.5. The molecule has 2 heterocycles. The fourth-order valence-electron chi connectivity index (χ4n) is 3.07. The third kappa shape index (κ3) is 2.62. The number of likely N-dealkylation sites (tertiary alicyclic amines) is 1. The van der Waals surface area contributed by atoms with Crippen LogP contribution in [0.15, 0.2) is 24.3 Å². The zero-order valence-corrected chi connectivity index (χ0v) is 13.5. The molecule has 0 saturated carbocycles. The Morgan fingerprint density at radius 2 is 1.91 bits per heavy atom. The minimum Gasteiger partial charge on any atom is -0.383 e. The Labute approximate surface area is 133 Å². The fourth-order valence-corrected chi connectivity index (χ4v) is 4.05. The van der Waals surface area contributed by atoms with Crippen LogP contribution >= 0.6 is 11.3 Å². The first kappa shape index (κ1) is 15.4. The SMILES string of the molecule is C[C@@H]1CC[C@H](C)N1C(=O)[C@@H](O)[C@H](O)c1nc2ccccc2s1. The third-order valence-electron chi connectivity index (χ3n) is 4.32. The van der Waals surface area contributed by atoms with Gasteiger partial charge in [-0.05, 0) is 38.8 Å². The first-order valence-electron chi connectivity index (χ1n) is 7.53. The van der Waals surface area contributed by atoms with Gasteiger partial charge in [0.05, 0.1) is 10.2 Å². The molecule has 118 valence electrons. The average Bonchev–Trinajstić information content (AvgIpc) is 3.08. The van der Waals surface area contributed by atoms with E-state index in [0.29, 0.717) is 5.01 Å². The zero-order valence-electron chi connectivity index (χ0n) is 12.6. The summed E-state index contributed by atoms with van der Waals surface area (Å²) in [6, 6.07) is 7.71. The number of carbonyl (C=O) groups is 1. The summed E-state index contributed by atoms with van der Waals surface area (Å²) >= 11 is 1.30.